The Bertz CT molecular complexity index is 449. The first-order valence-corrected chi connectivity index (χ1v) is 7.38. The van der Waals surface area contributed by atoms with Crippen molar-refractivity contribution in [3.63, 3.8) is 0 Å². The fourth-order valence-corrected chi connectivity index (χ4v) is 2.70. The van der Waals surface area contributed by atoms with Crippen LogP contribution in [0.15, 0.2) is 24.0 Å². The summed E-state index contributed by atoms with van der Waals surface area (Å²) in [5.41, 5.74) is 3.12. The molecule has 98 valence electrons. The maximum absolute atomic E-state index is 4.41. The van der Waals surface area contributed by atoms with Crippen molar-refractivity contribution in [3.05, 3.63) is 34.5 Å². The number of hydrogen-bond acceptors (Lipinski definition) is 4. The van der Waals surface area contributed by atoms with Crippen LogP contribution in [0.3, 0.4) is 0 Å². The van der Waals surface area contributed by atoms with Crippen molar-refractivity contribution in [2.45, 2.75) is 39.3 Å². The predicted molar refractivity (Wildman–Crippen MR) is 74.8 cm³/mol. The third-order valence-electron chi connectivity index (χ3n) is 2.81. The van der Waals surface area contributed by atoms with Gasteiger partial charge in [0, 0.05) is 23.8 Å². The molecule has 0 radical (unpaired) electrons. The molecule has 18 heavy (non-hydrogen) atoms. The third kappa shape index (κ3) is 2.97. The highest BCUT2D eigenvalue weighted by molar-refractivity contribution is 7.09. The van der Waals surface area contributed by atoms with E-state index in [-0.39, 0.29) is 6.04 Å². The van der Waals surface area contributed by atoms with Crippen LogP contribution < -0.4 is 5.32 Å². The van der Waals surface area contributed by atoms with Crippen LogP contribution in [0.4, 0.5) is 0 Å². The number of thiazole rings is 1. The molecule has 0 saturated carbocycles. The molecule has 0 aliphatic heterocycles. The lowest BCUT2D eigenvalue weighted by Gasteiger charge is -2.18. The van der Waals surface area contributed by atoms with Gasteiger partial charge in [-0.1, -0.05) is 13.8 Å². The van der Waals surface area contributed by atoms with Crippen LogP contribution in [0.1, 0.15) is 43.3 Å². The summed E-state index contributed by atoms with van der Waals surface area (Å²) in [5, 5.41) is 7.99. The molecule has 0 fully saturated rings. The van der Waals surface area contributed by atoms with Crippen LogP contribution in [0.25, 0.3) is 0 Å². The Labute approximate surface area is 112 Å². The molecule has 0 aliphatic carbocycles. The van der Waals surface area contributed by atoms with Crippen molar-refractivity contribution < 1.29 is 0 Å². The van der Waals surface area contributed by atoms with E-state index in [1.807, 2.05) is 17.9 Å². The number of nitrogens with one attached hydrogen (secondary N) is 1. The van der Waals surface area contributed by atoms with Crippen LogP contribution in [0.2, 0.25) is 0 Å². The van der Waals surface area contributed by atoms with E-state index < -0.39 is 0 Å². The van der Waals surface area contributed by atoms with Crippen molar-refractivity contribution in [3.8, 4) is 0 Å². The van der Waals surface area contributed by atoms with E-state index in [0.29, 0.717) is 0 Å². The summed E-state index contributed by atoms with van der Waals surface area (Å²) in [6.45, 7) is 6.32. The second kappa shape index (κ2) is 6.66. The molecular weight excluding hydrogens is 244 g/mol. The molecule has 0 saturated heterocycles. The smallest absolute Gasteiger partial charge is 0.0858 e. The Hall–Kier alpha value is -1.20. The normalized spacial score (nSPS) is 12.8. The van der Waals surface area contributed by atoms with E-state index in [2.05, 4.69) is 40.0 Å². The minimum Gasteiger partial charge on any atom is -0.304 e. The summed E-state index contributed by atoms with van der Waals surface area (Å²) in [6.07, 6.45) is 6.04. The Morgan fingerprint density at radius 3 is 2.94 bits per heavy atom. The van der Waals surface area contributed by atoms with E-state index >= 15 is 0 Å². The Balaban J connectivity index is 2.24. The topological polar surface area (TPSA) is 42.7 Å². The van der Waals surface area contributed by atoms with Crippen molar-refractivity contribution in [2.24, 2.45) is 0 Å². The number of hydrogen-bond donors (Lipinski definition) is 1. The van der Waals surface area contributed by atoms with Gasteiger partial charge >= 0.3 is 0 Å². The molecule has 0 amide bonds. The summed E-state index contributed by atoms with van der Waals surface area (Å²) in [7, 11) is 0. The fraction of sp³-hybridized carbons (Fsp3) is 0.538. The molecule has 2 heterocycles. The lowest BCUT2D eigenvalue weighted by atomic mass is 10.1. The van der Waals surface area contributed by atoms with Gasteiger partial charge in [-0.3, -0.25) is 9.67 Å². The highest BCUT2D eigenvalue weighted by Gasteiger charge is 2.18. The zero-order chi connectivity index (χ0) is 12.8. The second-order valence-corrected chi connectivity index (χ2v) is 5.19. The van der Waals surface area contributed by atoms with Gasteiger partial charge in [-0.05, 0) is 25.5 Å². The summed E-state index contributed by atoms with van der Waals surface area (Å²) in [4.78, 5) is 5.44. The van der Waals surface area contributed by atoms with Crippen LogP contribution in [-0.4, -0.2) is 21.3 Å². The molecule has 2 rings (SSSR count). The van der Waals surface area contributed by atoms with Crippen molar-refractivity contribution in [1.82, 2.24) is 20.1 Å². The Kier molecular flexibility index (Phi) is 4.90. The molecule has 2 aromatic rings. The van der Waals surface area contributed by atoms with Crippen molar-refractivity contribution in [1.29, 1.82) is 0 Å². The minimum atomic E-state index is 0.214. The van der Waals surface area contributed by atoms with Crippen LogP contribution in [-0.2, 0) is 6.54 Å². The maximum atomic E-state index is 4.41. The Morgan fingerprint density at radius 2 is 2.28 bits per heavy atom. The second-order valence-electron chi connectivity index (χ2n) is 4.27. The number of rotatable bonds is 7. The van der Waals surface area contributed by atoms with Gasteiger partial charge in [-0.15, -0.1) is 11.3 Å². The number of nitrogens with zero attached hydrogens (tertiary/aromatic N) is 3. The number of aryl methyl sites for hydroxylation is 1. The molecule has 4 nitrogen and oxygen atoms in total. The van der Waals surface area contributed by atoms with Gasteiger partial charge in [0.1, 0.15) is 0 Å². The first-order chi connectivity index (χ1) is 8.86. The monoisotopic (exact) mass is 264 g/mol. The minimum absolute atomic E-state index is 0.214. The van der Waals surface area contributed by atoms with Gasteiger partial charge in [-0.25, -0.2) is 0 Å². The average molecular weight is 264 g/mol. The standard InChI is InChI=1S/C13H20N4S/c1-3-6-15-13(12-9-14-10-18-12)11-5-7-16-17(11)8-4-2/h5,7,9-10,13,15H,3-4,6,8H2,1-2H3. The summed E-state index contributed by atoms with van der Waals surface area (Å²) >= 11 is 1.69. The quantitative estimate of drug-likeness (QED) is 0.836. The van der Waals surface area contributed by atoms with E-state index in [1.165, 1.54) is 10.6 Å². The fourth-order valence-electron chi connectivity index (χ4n) is 1.99. The van der Waals surface area contributed by atoms with Crippen LogP contribution in [0, 0.1) is 0 Å². The van der Waals surface area contributed by atoms with Gasteiger partial charge in [0.2, 0.25) is 0 Å². The first kappa shape index (κ1) is 13.2. The largest absolute Gasteiger partial charge is 0.304 e. The van der Waals surface area contributed by atoms with Crippen molar-refractivity contribution in [2.75, 3.05) is 6.54 Å². The molecule has 0 bridgehead atoms. The van der Waals surface area contributed by atoms with Crippen LogP contribution in [0.5, 0.6) is 0 Å². The lowest BCUT2D eigenvalue weighted by Crippen LogP contribution is -2.25. The predicted octanol–water partition coefficient (Wildman–Crippen LogP) is 2.84. The summed E-state index contributed by atoms with van der Waals surface area (Å²) in [5.74, 6) is 0. The van der Waals surface area contributed by atoms with E-state index in [0.717, 1.165) is 25.9 Å². The van der Waals surface area contributed by atoms with Gasteiger partial charge in [0.25, 0.3) is 0 Å². The van der Waals surface area contributed by atoms with Gasteiger partial charge in [-0.2, -0.15) is 5.10 Å². The third-order valence-corrected chi connectivity index (χ3v) is 3.66. The van der Waals surface area contributed by atoms with Crippen LogP contribution >= 0.6 is 11.3 Å². The summed E-state index contributed by atoms with van der Waals surface area (Å²) in [6, 6.07) is 2.31. The van der Waals surface area contributed by atoms with E-state index in [9.17, 15) is 0 Å². The molecule has 0 aromatic carbocycles. The molecule has 0 aliphatic rings. The molecule has 5 heteroatoms. The molecule has 1 N–H and O–H groups in total. The molecule has 1 atom stereocenters. The zero-order valence-electron chi connectivity index (χ0n) is 11.0. The maximum Gasteiger partial charge on any atom is 0.0858 e. The van der Waals surface area contributed by atoms with Gasteiger partial charge < -0.3 is 5.32 Å². The van der Waals surface area contributed by atoms with Gasteiger partial charge in [0.05, 0.1) is 17.2 Å². The molecule has 1 unspecified atom stereocenters. The Morgan fingerprint density at radius 1 is 1.39 bits per heavy atom. The summed E-state index contributed by atoms with van der Waals surface area (Å²) < 4.78 is 2.09. The van der Waals surface area contributed by atoms with Crippen molar-refractivity contribution >= 4 is 11.3 Å². The average Bonchev–Trinajstić information content (AvgIpc) is 3.02. The first-order valence-electron chi connectivity index (χ1n) is 6.50. The highest BCUT2D eigenvalue weighted by atomic mass is 32.1. The highest BCUT2D eigenvalue weighted by Crippen LogP contribution is 2.24. The van der Waals surface area contributed by atoms with E-state index in [1.54, 1.807) is 11.3 Å². The van der Waals surface area contributed by atoms with Gasteiger partial charge in [0.15, 0.2) is 0 Å². The van der Waals surface area contributed by atoms with E-state index in [4.69, 9.17) is 0 Å². The molecule has 2 aromatic heterocycles. The number of aromatic nitrogens is 3. The zero-order valence-corrected chi connectivity index (χ0v) is 11.8. The molecule has 0 spiro atoms. The SMILES string of the molecule is CCCNC(c1cncs1)c1ccnn1CCC. The molecular formula is C13H20N4S. The lowest BCUT2D eigenvalue weighted by molar-refractivity contribution is 0.515.